The molecule has 0 amide bonds. The fourth-order valence-electron chi connectivity index (χ4n) is 3.22. The third kappa shape index (κ3) is 2.12. The zero-order chi connectivity index (χ0) is 9.97. The second-order valence-electron chi connectivity index (χ2n) is 5.18. The van der Waals surface area contributed by atoms with Gasteiger partial charge in [-0.3, -0.25) is 0 Å². The van der Waals surface area contributed by atoms with Crippen LogP contribution in [0.25, 0.3) is 0 Å². The number of nitrogens with two attached hydrogens (primary N) is 1. The van der Waals surface area contributed by atoms with Crippen LogP contribution < -0.4 is 5.73 Å². The summed E-state index contributed by atoms with van der Waals surface area (Å²) in [6, 6.07) is 0. The van der Waals surface area contributed by atoms with Crippen molar-refractivity contribution in [3.8, 4) is 0 Å². The number of hydrogen-bond donors (Lipinski definition) is 1. The van der Waals surface area contributed by atoms with Crippen LogP contribution in [0.4, 0.5) is 0 Å². The number of hydrogen-bond acceptors (Lipinski definition) is 2. The molecule has 2 aliphatic rings. The van der Waals surface area contributed by atoms with Crippen molar-refractivity contribution in [1.29, 1.82) is 0 Å². The Balaban J connectivity index is 1.78. The monoisotopic (exact) mass is 196 g/mol. The smallest absolute Gasteiger partial charge is 0.00218 e. The molecule has 3 atom stereocenters. The van der Waals surface area contributed by atoms with E-state index in [1.54, 1.807) is 0 Å². The van der Waals surface area contributed by atoms with Gasteiger partial charge in [-0.25, -0.2) is 0 Å². The van der Waals surface area contributed by atoms with E-state index in [0.29, 0.717) is 0 Å². The van der Waals surface area contributed by atoms with Crippen LogP contribution in [0.1, 0.15) is 32.6 Å². The maximum atomic E-state index is 5.75. The quantitative estimate of drug-likeness (QED) is 0.741. The van der Waals surface area contributed by atoms with Crippen LogP contribution in [-0.2, 0) is 0 Å². The predicted octanol–water partition coefficient (Wildman–Crippen LogP) is 1.70. The Hall–Kier alpha value is -0.0800. The summed E-state index contributed by atoms with van der Waals surface area (Å²) < 4.78 is 0. The van der Waals surface area contributed by atoms with Gasteiger partial charge in [0, 0.05) is 19.6 Å². The normalized spacial score (nSPS) is 34.7. The molecule has 1 saturated carbocycles. The molecule has 0 radical (unpaired) electrons. The summed E-state index contributed by atoms with van der Waals surface area (Å²) in [6.07, 6.45) is 5.70. The Kier molecular flexibility index (Phi) is 3.45. The molecule has 3 unspecified atom stereocenters. The van der Waals surface area contributed by atoms with Crippen molar-refractivity contribution < 1.29 is 0 Å². The predicted molar refractivity (Wildman–Crippen MR) is 60.1 cm³/mol. The van der Waals surface area contributed by atoms with Crippen LogP contribution in [0.15, 0.2) is 0 Å². The Bertz CT molecular complexity index is 165. The molecule has 2 nitrogen and oxygen atoms in total. The fraction of sp³-hybridized carbons (Fsp3) is 1.00. The Morgan fingerprint density at radius 1 is 1.29 bits per heavy atom. The number of fused-ring (bicyclic) bond motifs is 1. The second kappa shape index (κ2) is 4.63. The van der Waals surface area contributed by atoms with Gasteiger partial charge in [-0.05, 0) is 37.1 Å². The first-order chi connectivity index (χ1) is 6.83. The highest BCUT2D eigenvalue weighted by atomic mass is 15.2. The van der Waals surface area contributed by atoms with E-state index in [9.17, 15) is 0 Å². The van der Waals surface area contributed by atoms with E-state index in [2.05, 4.69) is 11.8 Å². The summed E-state index contributed by atoms with van der Waals surface area (Å²) >= 11 is 0. The minimum atomic E-state index is 0.730. The first kappa shape index (κ1) is 10.4. The Labute approximate surface area is 87.8 Å². The van der Waals surface area contributed by atoms with Gasteiger partial charge in [0.05, 0.1) is 0 Å². The van der Waals surface area contributed by atoms with Gasteiger partial charge >= 0.3 is 0 Å². The standard InChI is InChI=1S/C12H24N2/c1-2-10(6-13)7-14-8-11-4-3-5-12(11)9-14/h10-12H,2-9,13H2,1H3. The highest BCUT2D eigenvalue weighted by Crippen LogP contribution is 2.37. The number of nitrogens with zero attached hydrogens (tertiary/aromatic N) is 1. The molecule has 14 heavy (non-hydrogen) atoms. The van der Waals surface area contributed by atoms with E-state index in [-0.39, 0.29) is 0 Å². The van der Waals surface area contributed by atoms with Gasteiger partial charge < -0.3 is 10.6 Å². The molecule has 2 N–H and O–H groups in total. The molecule has 0 aromatic rings. The average Bonchev–Trinajstić information content (AvgIpc) is 2.73. The third-order valence-corrected chi connectivity index (χ3v) is 4.23. The van der Waals surface area contributed by atoms with Crippen LogP contribution in [0.5, 0.6) is 0 Å². The number of likely N-dealkylation sites (tertiary alicyclic amines) is 1. The lowest BCUT2D eigenvalue weighted by Crippen LogP contribution is -2.31. The van der Waals surface area contributed by atoms with Gasteiger partial charge in [0.15, 0.2) is 0 Å². The maximum Gasteiger partial charge on any atom is 0.00218 e. The lowest BCUT2D eigenvalue weighted by molar-refractivity contribution is 0.258. The summed E-state index contributed by atoms with van der Waals surface area (Å²) in [4.78, 5) is 2.66. The molecule has 0 bridgehead atoms. The van der Waals surface area contributed by atoms with E-state index in [4.69, 9.17) is 5.73 Å². The minimum absolute atomic E-state index is 0.730. The zero-order valence-electron chi connectivity index (χ0n) is 9.41. The highest BCUT2D eigenvalue weighted by molar-refractivity contribution is 4.89. The molecule has 2 rings (SSSR count). The van der Waals surface area contributed by atoms with Gasteiger partial charge in [-0.1, -0.05) is 19.8 Å². The molecule has 0 aromatic carbocycles. The SMILES string of the molecule is CCC(CN)CN1CC2CCCC2C1. The van der Waals surface area contributed by atoms with Crippen molar-refractivity contribution >= 4 is 0 Å². The van der Waals surface area contributed by atoms with E-state index in [1.807, 2.05) is 0 Å². The minimum Gasteiger partial charge on any atom is -0.330 e. The summed E-state index contributed by atoms with van der Waals surface area (Å²) in [6.45, 7) is 7.10. The average molecular weight is 196 g/mol. The molecule has 0 spiro atoms. The molecular weight excluding hydrogens is 172 g/mol. The van der Waals surface area contributed by atoms with E-state index in [0.717, 1.165) is 24.3 Å². The van der Waals surface area contributed by atoms with Crippen molar-refractivity contribution in [3.05, 3.63) is 0 Å². The van der Waals surface area contributed by atoms with Crippen LogP contribution in [0, 0.1) is 17.8 Å². The van der Waals surface area contributed by atoms with E-state index < -0.39 is 0 Å². The van der Waals surface area contributed by atoms with Crippen LogP contribution in [0.2, 0.25) is 0 Å². The van der Waals surface area contributed by atoms with E-state index >= 15 is 0 Å². The van der Waals surface area contributed by atoms with Crippen molar-refractivity contribution in [3.63, 3.8) is 0 Å². The summed E-state index contributed by atoms with van der Waals surface area (Å²) in [7, 11) is 0. The maximum absolute atomic E-state index is 5.75. The van der Waals surface area contributed by atoms with Crippen LogP contribution >= 0.6 is 0 Å². The van der Waals surface area contributed by atoms with Crippen molar-refractivity contribution in [1.82, 2.24) is 4.90 Å². The van der Waals surface area contributed by atoms with Gasteiger partial charge in [-0.2, -0.15) is 0 Å². The Morgan fingerprint density at radius 3 is 2.43 bits per heavy atom. The topological polar surface area (TPSA) is 29.3 Å². The van der Waals surface area contributed by atoms with Gasteiger partial charge in [0.25, 0.3) is 0 Å². The summed E-state index contributed by atoms with van der Waals surface area (Å²) in [5.74, 6) is 2.80. The summed E-state index contributed by atoms with van der Waals surface area (Å²) in [5, 5.41) is 0. The molecule has 1 aliphatic heterocycles. The third-order valence-electron chi connectivity index (χ3n) is 4.23. The van der Waals surface area contributed by atoms with Gasteiger partial charge in [-0.15, -0.1) is 0 Å². The molecule has 1 heterocycles. The fourth-order valence-corrected chi connectivity index (χ4v) is 3.22. The first-order valence-electron chi connectivity index (χ1n) is 6.26. The van der Waals surface area contributed by atoms with Crippen LogP contribution in [-0.4, -0.2) is 31.1 Å². The zero-order valence-corrected chi connectivity index (χ0v) is 9.41. The molecule has 1 aliphatic carbocycles. The highest BCUT2D eigenvalue weighted by Gasteiger charge is 2.36. The molecular formula is C12H24N2. The molecule has 1 saturated heterocycles. The van der Waals surface area contributed by atoms with Crippen LogP contribution in [0.3, 0.4) is 0 Å². The molecule has 2 heteroatoms. The second-order valence-corrected chi connectivity index (χ2v) is 5.18. The lowest BCUT2D eigenvalue weighted by Gasteiger charge is -2.22. The number of rotatable bonds is 4. The lowest BCUT2D eigenvalue weighted by atomic mass is 10.0. The first-order valence-corrected chi connectivity index (χ1v) is 6.26. The van der Waals surface area contributed by atoms with Crippen molar-refractivity contribution in [2.75, 3.05) is 26.2 Å². The summed E-state index contributed by atoms with van der Waals surface area (Å²) in [5.41, 5.74) is 5.75. The van der Waals surface area contributed by atoms with Crippen molar-refractivity contribution in [2.24, 2.45) is 23.5 Å². The Morgan fingerprint density at radius 2 is 1.93 bits per heavy atom. The molecule has 82 valence electrons. The van der Waals surface area contributed by atoms with Gasteiger partial charge in [0.2, 0.25) is 0 Å². The molecule has 0 aromatic heterocycles. The van der Waals surface area contributed by atoms with Crippen molar-refractivity contribution in [2.45, 2.75) is 32.6 Å². The van der Waals surface area contributed by atoms with E-state index in [1.165, 1.54) is 45.3 Å². The largest absolute Gasteiger partial charge is 0.330 e. The van der Waals surface area contributed by atoms with Gasteiger partial charge in [0.1, 0.15) is 0 Å². The molecule has 2 fully saturated rings.